The number of benzene rings is 2. The molecule has 1 fully saturated rings. The predicted molar refractivity (Wildman–Crippen MR) is 124 cm³/mol. The number of piperazine rings is 1. The third kappa shape index (κ3) is 4.48. The highest BCUT2D eigenvalue weighted by atomic mass is 32.2. The molecule has 1 N–H and O–H groups in total. The molecule has 0 unspecified atom stereocenters. The van der Waals surface area contributed by atoms with Gasteiger partial charge in [-0.15, -0.1) is 0 Å². The Morgan fingerprint density at radius 3 is 1.94 bits per heavy atom. The van der Waals surface area contributed by atoms with E-state index in [1.807, 2.05) is 12.1 Å². The zero-order chi connectivity index (χ0) is 22.7. The Balaban J connectivity index is 1.51. The van der Waals surface area contributed by atoms with Crippen molar-refractivity contribution in [2.75, 3.05) is 33.2 Å². The van der Waals surface area contributed by atoms with Crippen LogP contribution in [0.5, 0.6) is 0 Å². The Kier molecular flexibility index (Phi) is 6.45. The average Bonchev–Trinajstić information content (AvgIpc) is 3.23. The second-order valence-electron chi connectivity index (χ2n) is 7.93. The Morgan fingerprint density at radius 2 is 1.44 bits per heavy atom. The van der Waals surface area contributed by atoms with E-state index in [4.69, 9.17) is 0 Å². The van der Waals surface area contributed by atoms with Crippen molar-refractivity contribution in [1.82, 2.24) is 19.1 Å². The summed E-state index contributed by atoms with van der Waals surface area (Å²) in [4.78, 5) is 17.4. The van der Waals surface area contributed by atoms with Crippen molar-refractivity contribution in [2.24, 2.45) is 7.05 Å². The zero-order valence-electron chi connectivity index (χ0n) is 18.3. The second kappa shape index (κ2) is 9.28. The molecule has 3 aromatic rings. The highest BCUT2D eigenvalue weighted by molar-refractivity contribution is 7.89. The van der Waals surface area contributed by atoms with E-state index < -0.39 is 10.0 Å². The molecule has 0 radical (unpaired) electrons. The fraction of sp³-hybridized carbons (Fsp3) is 0.292. The number of hydrogen-bond acceptors (Lipinski definition) is 4. The van der Waals surface area contributed by atoms with Crippen LogP contribution in [0.2, 0.25) is 0 Å². The van der Waals surface area contributed by atoms with Crippen LogP contribution in [0.4, 0.5) is 0 Å². The van der Waals surface area contributed by atoms with Gasteiger partial charge in [-0.25, -0.2) is 13.1 Å². The quantitative estimate of drug-likeness (QED) is 0.624. The molecule has 2 aromatic carbocycles. The molecule has 1 aliphatic rings. The van der Waals surface area contributed by atoms with Crippen LogP contribution in [0.3, 0.4) is 0 Å². The van der Waals surface area contributed by atoms with Crippen LogP contribution in [0.25, 0.3) is 0 Å². The maximum atomic E-state index is 13.1. The highest BCUT2D eigenvalue weighted by Crippen LogP contribution is 2.29. The van der Waals surface area contributed by atoms with Crippen molar-refractivity contribution in [3.63, 3.8) is 0 Å². The molecular weight excluding hydrogens is 424 g/mol. The first-order chi connectivity index (χ1) is 15.4. The van der Waals surface area contributed by atoms with Gasteiger partial charge in [0, 0.05) is 39.4 Å². The number of nitrogens with one attached hydrogen (secondary N) is 1. The number of amides is 1. The van der Waals surface area contributed by atoms with Gasteiger partial charge in [0.05, 0.1) is 6.04 Å². The monoisotopic (exact) mass is 452 g/mol. The van der Waals surface area contributed by atoms with Crippen LogP contribution in [0, 0.1) is 0 Å². The third-order valence-electron chi connectivity index (χ3n) is 5.98. The van der Waals surface area contributed by atoms with Crippen LogP contribution in [0.1, 0.15) is 27.7 Å². The van der Waals surface area contributed by atoms with Crippen LogP contribution >= 0.6 is 0 Å². The van der Waals surface area contributed by atoms with Gasteiger partial charge in [0.25, 0.3) is 5.91 Å². The van der Waals surface area contributed by atoms with Gasteiger partial charge in [0.15, 0.2) is 0 Å². The molecule has 1 amide bonds. The van der Waals surface area contributed by atoms with Gasteiger partial charge in [0.2, 0.25) is 10.0 Å². The minimum Gasteiger partial charge on any atom is -0.345 e. The van der Waals surface area contributed by atoms with Crippen molar-refractivity contribution in [1.29, 1.82) is 0 Å². The first kappa shape index (κ1) is 22.3. The van der Waals surface area contributed by atoms with Gasteiger partial charge in [-0.05, 0) is 24.2 Å². The number of sulfonamides is 1. The zero-order valence-corrected chi connectivity index (χ0v) is 19.1. The summed E-state index contributed by atoms with van der Waals surface area (Å²) < 4.78 is 28.1. The molecule has 0 bridgehead atoms. The van der Waals surface area contributed by atoms with Crippen LogP contribution in [-0.4, -0.2) is 61.9 Å². The molecule has 0 saturated carbocycles. The number of aromatic nitrogens is 1. The van der Waals surface area contributed by atoms with E-state index >= 15 is 0 Å². The van der Waals surface area contributed by atoms with E-state index in [1.54, 1.807) is 16.5 Å². The molecule has 0 aliphatic carbocycles. The lowest BCUT2D eigenvalue weighted by molar-refractivity contribution is 0.0588. The van der Waals surface area contributed by atoms with Crippen molar-refractivity contribution >= 4 is 15.9 Å². The first-order valence-electron chi connectivity index (χ1n) is 10.6. The van der Waals surface area contributed by atoms with Crippen LogP contribution in [0.15, 0.2) is 77.8 Å². The molecule has 2 heterocycles. The number of nitrogens with zero attached hydrogens (tertiary/aromatic N) is 3. The average molecular weight is 453 g/mol. The number of carbonyl (C=O) groups is 1. The van der Waals surface area contributed by atoms with E-state index in [-0.39, 0.29) is 16.8 Å². The van der Waals surface area contributed by atoms with E-state index in [0.29, 0.717) is 18.8 Å². The maximum Gasteiger partial charge on any atom is 0.270 e. The summed E-state index contributed by atoms with van der Waals surface area (Å²) in [7, 11) is -0.542. The summed E-state index contributed by atoms with van der Waals surface area (Å²) in [6, 6.07) is 22.4. The van der Waals surface area contributed by atoms with Gasteiger partial charge in [0.1, 0.15) is 10.6 Å². The van der Waals surface area contributed by atoms with E-state index in [9.17, 15) is 13.2 Å². The van der Waals surface area contributed by atoms with Gasteiger partial charge < -0.3 is 9.47 Å². The van der Waals surface area contributed by atoms with Crippen LogP contribution in [-0.2, 0) is 17.1 Å². The molecule has 1 aromatic heterocycles. The van der Waals surface area contributed by atoms with Gasteiger partial charge in [-0.2, -0.15) is 0 Å². The molecule has 168 valence electrons. The largest absolute Gasteiger partial charge is 0.345 e. The Morgan fingerprint density at radius 1 is 0.906 bits per heavy atom. The summed E-state index contributed by atoms with van der Waals surface area (Å²) in [5, 5.41) is 0. The van der Waals surface area contributed by atoms with Crippen LogP contribution < -0.4 is 4.72 Å². The standard InChI is InChI=1S/C24H28N4O3S/c1-25-32(30,31)21-17-22(26(2)18-21)24(29)28-15-13-27(14-16-28)23(19-9-5-3-6-10-19)20-11-7-4-8-12-20/h3-12,17-18,23,25H,13-16H2,1-2H3. The molecule has 1 saturated heterocycles. The number of aryl methyl sites for hydroxylation is 1. The minimum atomic E-state index is -3.60. The molecule has 8 heteroatoms. The topological polar surface area (TPSA) is 74.7 Å². The van der Waals surface area contributed by atoms with E-state index in [0.717, 1.165) is 13.1 Å². The van der Waals surface area contributed by atoms with Crippen molar-refractivity contribution < 1.29 is 13.2 Å². The molecule has 7 nitrogen and oxygen atoms in total. The smallest absolute Gasteiger partial charge is 0.270 e. The van der Waals surface area contributed by atoms with Gasteiger partial charge in [-0.1, -0.05) is 60.7 Å². The van der Waals surface area contributed by atoms with Crippen molar-refractivity contribution in [3.05, 3.63) is 89.7 Å². The summed E-state index contributed by atoms with van der Waals surface area (Å²) in [6.07, 6.45) is 1.47. The minimum absolute atomic E-state index is 0.0951. The summed E-state index contributed by atoms with van der Waals surface area (Å²) in [5.41, 5.74) is 2.82. The highest BCUT2D eigenvalue weighted by Gasteiger charge is 2.30. The van der Waals surface area contributed by atoms with Gasteiger partial charge in [-0.3, -0.25) is 9.69 Å². The lowest BCUT2D eigenvalue weighted by atomic mass is 9.96. The number of carbonyl (C=O) groups excluding carboxylic acids is 1. The molecule has 32 heavy (non-hydrogen) atoms. The maximum absolute atomic E-state index is 13.1. The van der Waals surface area contributed by atoms with Crippen molar-refractivity contribution in [2.45, 2.75) is 10.9 Å². The fourth-order valence-electron chi connectivity index (χ4n) is 4.24. The number of hydrogen-bond donors (Lipinski definition) is 1. The van der Waals surface area contributed by atoms with Gasteiger partial charge >= 0.3 is 0 Å². The lowest BCUT2D eigenvalue weighted by Crippen LogP contribution is -2.50. The fourth-order valence-corrected chi connectivity index (χ4v) is 5.04. The Bertz CT molecular complexity index is 1130. The summed E-state index contributed by atoms with van der Waals surface area (Å²) >= 11 is 0. The number of rotatable bonds is 6. The summed E-state index contributed by atoms with van der Waals surface area (Å²) in [5.74, 6) is -0.152. The Labute approximate surface area is 189 Å². The van der Waals surface area contributed by atoms with Crippen molar-refractivity contribution in [3.8, 4) is 0 Å². The second-order valence-corrected chi connectivity index (χ2v) is 9.82. The third-order valence-corrected chi connectivity index (χ3v) is 7.36. The normalized spacial score (nSPS) is 15.3. The molecule has 0 atom stereocenters. The Hall–Kier alpha value is -2.94. The van der Waals surface area contributed by atoms with E-state index in [2.05, 4.69) is 58.2 Å². The SMILES string of the molecule is CNS(=O)(=O)c1cc(C(=O)N2CCN(C(c3ccccc3)c3ccccc3)CC2)n(C)c1. The molecule has 1 aliphatic heterocycles. The molecule has 4 rings (SSSR count). The molecular formula is C24H28N4O3S. The summed E-state index contributed by atoms with van der Waals surface area (Å²) in [6.45, 7) is 2.61. The predicted octanol–water partition coefficient (Wildman–Crippen LogP) is 2.48. The molecule has 0 spiro atoms. The lowest BCUT2D eigenvalue weighted by Gasteiger charge is -2.39. The first-order valence-corrected chi connectivity index (χ1v) is 12.1. The van der Waals surface area contributed by atoms with E-state index in [1.165, 1.54) is 30.4 Å².